The summed E-state index contributed by atoms with van der Waals surface area (Å²) in [4.78, 5) is 0. The summed E-state index contributed by atoms with van der Waals surface area (Å²) in [6.45, 7) is 6.42. The summed E-state index contributed by atoms with van der Waals surface area (Å²) in [7, 11) is 0. The summed E-state index contributed by atoms with van der Waals surface area (Å²) in [5, 5.41) is 10.5. The maximum Gasteiger partial charge on any atom is 0.0518 e. The van der Waals surface area contributed by atoms with Crippen molar-refractivity contribution in [1.29, 1.82) is 0 Å². The molecule has 2 atom stereocenters. The van der Waals surface area contributed by atoms with Crippen LogP contribution in [-0.4, -0.2) is 10.2 Å². The zero-order valence-electron chi connectivity index (χ0n) is 10.6. The molecule has 0 fully saturated rings. The Morgan fingerprint density at radius 2 is 1.76 bits per heavy atom. The van der Waals surface area contributed by atoms with Crippen molar-refractivity contribution in [3.05, 3.63) is 53.3 Å². The van der Waals surface area contributed by atoms with Crippen molar-refractivity contribution in [2.24, 2.45) is 0 Å². The number of benzene rings is 1. The zero-order valence-corrected chi connectivity index (χ0v) is 10.6. The molecule has 2 rings (SSSR count). The van der Waals surface area contributed by atoms with Gasteiger partial charge in [0.15, 0.2) is 0 Å². The second-order valence-corrected chi connectivity index (χ2v) is 4.53. The fraction of sp³-hybridized carbons (Fsp3) is 0.357. The molecule has 1 aromatic heterocycles. The van der Waals surface area contributed by atoms with E-state index in [0.717, 1.165) is 5.69 Å². The summed E-state index contributed by atoms with van der Waals surface area (Å²) >= 11 is 0. The number of aromatic amines is 1. The van der Waals surface area contributed by atoms with Crippen LogP contribution in [0.1, 0.15) is 42.8 Å². The van der Waals surface area contributed by atoms with Gasteiger partial charge < -0.3 is 5.32 Å². The summed E-state index contributed by atoms with van der Waals surface area (Å²) in [5.74, 6) is 0. The molecule has 0 spiro atoms. The first kappa shape index (κ1) is 11.9. The van der Waals surface area contributed by atoms with Crippen LogP contribution in [0.3, 0.4) is 0 Å². The van der Waals surface area contributed by atoms with Crippen molar-refractivity contribution >= 4 is 0 Å². The van der Waals surface area contributed by atoms with Crippen LogP contribution in [0.2, 0.25) is 0 Å². The highest BCUT2D eigenvalue weighted by Crippen LogP contribution is 2.18. The Balaban J connectivity index is 2.01. The van der Waals surface area contributed by atoms with Gasteiger partial charge in [-0.15, -0.1) is 0 Å². The first-order valence-corrected chi connectivity index (χ1v) is 5.98. The number of hydrogen-bond donors (Lipinski definition) is 2. The Hall–Kier alpha value is -1.61. The van der Waals surface area contributed by atoms with Crippen LogP contribution in [0.4, 0.5) is 0 Å². The SMILES string of the molecule is Cc1ccc(C(C)NC(C)c2ccn[nH]2)cc1. The molecule has 3 nitrogen and oxygen atoms in total. The van der Waals surface area contributed by atoms with E-state index in [1.807, 2.05) is 6.07 Å². The molecule has 0 amide bonds. The Morgan fingerprint density at radius 3 is 2.35 bits per heavy atom. The Morgan fingerprint density at radius 1 is 1.06 bits per heavy atom. The summed E-state index contributed by atoms with van der Waals surface area (Å²) < 4.78 is 0. The molecule has 2 N–H and O–H groups in total. The maximum atomic E-state index is 3.97. The van der Waals surface area contributed by atoms with Gasteiger partial charge in [0, 0.05) is 18.3 Å². The second-order valence-electron chi connectivity index (χ2n) is 4.53. The number of rotatable bonds is 4. The molecular weight excluding hydrogens is 210 g/mol. The summed E-state index contributed by atoms with van der Waals surface area (Å²) in [6.07, 6.45) is 1.78. The average molecular weight is 229 g/mol. The van der Waals surface area contributed by atoms with Gasteiger partial charge in [0.2, 0.25) is 0 Å². The van der Waals surface area contributed by atoms with Crippen molar-refractivity contribution in [2.75, 3.05) is 0 Å². The van der Waals surface area contributed by atoms with Gasteiger partial charge in [-0.3, -0.25) is 5.10 Å². The largest absolute Gasteiger partial charge is 0.302 e. The second kappa shape index (κ2) is 5.15. The van der Waals surface area contributed by atoms with Crippen molar-refractivity contribution in [1.82, 2.24) is 15.5 Å². The number of aryl methyl sites for hydroxylation is 1. The molecule has 0 aliphatic heterocycles. The van der Waals surface area contributed by atoms with E-state index in [1.165, 1.54) is 11.1 Å². The minimum absolute atomic E-state index is 0.272. The van der Waals surface area contributed by atoms with Crippen molar-refractivity contribution in [3.63, 3.8) is 0 Å². The predicted octanol–water partition coefficient (Wildman–Crippen LogP) is 3.13. The van der Waals surface area contributed by atoms with Crippen LogP contribution in [0.25, 0.3) is 0 Å². The standard InChI is InChI=1S/C14H19N3/c1-10-4-6-13(7-5-10)11(2)16-12(3)14-8-9-15-17-14/h4-9,11-12,16H,1-3H3,(H,15,17). The van der Waals surface area contributed by atoms with E-state index in [-0.39, 0.29) is 6.04 Å². The van der Waals surface area contributed by atoms with E-state index in [0.29, 0.717) is 6.04 Å². The topological polar surface area (TPSA) is 40.7 Å². The molecule has 90 valence electrons. The van der Waals surface area contributed by atoms with Crippen LogP contribution in [0, 0.1) is 6.92 Å². The third kappa shape index (κ3) is 2.94. The van der Waals surface area contributed by atoms with Crippen molar-refractivity contribution in [2.45, 2.75) is 32.9 Å². The smallest absolute Gasteiger partial charge is 0.0518 e. The van der Waals surface area contributed by atoms with Gasteiger partial charge in [0.1, 0.15) is 0 Å². The molecule has 3 heteroatoms. The molecule has 1 heterocycles. The Bertz CT molecular complexity index is 445. The van der Waals surface area contributed by atoms with Crippen LogP contribution in [0.5, 0.6) is 0 Å². The molecule has 0 aliphatic rings. The first-order valence-electron chi connectivity index (χ1n) is 5.98. The Kier molecular flexibility index (Phi) is 3.59. The average Bonchev–Trinajstić information content (AvgIpc) is 2.83. The van der Waals surface area contributed by atoms with E-state index in [1.54, 1.807) is 6.20 Å². The molecule has 0 radical (unpaired) electrons. The van der Waals surface area contributed by atoms with Crippen LogP contribution in [-0.2, 0) is 0 Å². The van der Waals surface area contributed by atoms with E-state index in [2.05, 4.69) is 60.6 Å². The number of aromatic nitrogens is 2. The monoisotopic (exact) mass is 229 g/mol. The van der Waals surface area contributed by atoms with Gasteiger partial charge in [-0.2, -0.15) is 5.10 Å². The fourth-order valence-electron chi connectivity index (χ4n) is 1.92. The van der Waals surface area contributed by atoms with E-state index < -0.39 is 0 Å². The molecule has 2 aromatic rings. The number of nitrogens with one attached hydrogen (secondary N) is 2. The predicted molar refractivity (Wildman–Crippen MR) is 69.7 cm³/mol. The molecule has 0 bridgehead atoms. The first-order chi connectivity index (χ1) is 8.16. The minimum atomic E-state index is 0.272. The van der Waals surface area contributed by atoms with Gasteiger partial charge in [-0.1, -0.05) is 29.8 Å². The van der Waals surface area contributed by atoms with Crippen LogP contribution < -0.4 is 5.32 Å². The normalized spacial score (nSPS) is 14.5. The van der Waals surface area contributed by atoms with Gasteiger partial charge in [-0.25, -0.2) is 0 Å². The molecule has 1 aromatic carbocycles. The molecular formula is C14H19N3. The lowest BCUT2D eigenvalue weighted by molar-refractivity contribution is 0.485. The molecule has 2 unspecified atom stereocenters. The highest BCUT2D eigenvalue weighted by Gasteiger charge is 2.11. The Labute approximate surface area is 102 Å². The summed E-state index contributed by atoms with van der Waals surface area (Å²) in [6, 6.07) is 11.2. The van der Waals surface area contributed by atoms with Crippen LogP contribution in [0.15, 0.2) is 36.5 Å². The van der Waals surface area contributed by atoms with Crippen molar-refractivity contribution in [3.8, 4) is 0 Å². The van der Waals surface area contributed by atoms with Gasteiger partial charge in [0.05, 0.1) is 5.69 Å². The quantitative estimate of drug-likeness (QED) is 0.845. The molecule has 0 saturated heterocycles. The number of hydrogen-bond acceptors (Lipinski definition) is 2. The van der Waals surface area contributed by atoms with E-state index in [9.17, 15) is 0 Å². The highest BCUT2D eigenvalue weighted by atomic mass is 15.1. The van der Waals surface area contributed by atoms with Gasteiger partial charge in [-0.05, 0) is 32.4 Å². The van der Waals surface area contributed by atoms with Crippen molar-refractivity contribution < 1.29 is 0 Å². The summed E-state index contributed by atoms with van der Waals surface area (Å²) in [5.41, 5.74) is 3.72. The van der Waals surface area contributed by atoms with E-state index in [4.69, 9.17) is 0 Å². The van der Waals surface area contributed by atoms with Gasteiger partial charge >= 0.3 is 0 Å². The lowest BCUT2D eigenvalue weighted by Crippen LogP contribution is -2.22. The van der Waals surface area contributed by atoms with E-state index >= 15 is 0 Å². The lowest BCUT2D eigenvalue weighted by Gasteiger charge is -2.19. The molecule has 0 aliphatic carbocycles. The fourth-order valence-corrected chi connectivity index (χ4v) is 1.92. The zero-order chi connectivity index (χ0) is 12.3. The van der Waals surface area contributed by atoms with Gasteiger partial charge in [0.25, 0.3) is 0 Å². The maximum absolute atomic E-state index is 3.97. The lowest BCUT2D eigenvalue weighted by atomic mass is 10.1. The number of H-pyrrole nitrogens is 1. The third-order valence-electron chi connectivity index (χ3n) is 3.07. The number of nitrogens with zero attached hydrogens (tertiary/aromatic N) is 1. The highest BCUT2D eigenvalue weighted by molar-refractivity contribution is 5.24. The molecule has 0 saturated carbocycles. The minimum Gasteiger partial charge on any atom is -0.302 e. The molecule has 17 heavy (non-hydrogen) atoms. The third-order valence-corrected chi connectivity index (χ3v) is 3.07. The van der Waals surface area contributed by atoms with Crippen LogP contribution >= 0.6 is 0 Å².